The zero-order valence-corrected chi connectivity index (χ0v) is 19.8. The van der Waals surface area contributed by atoms with E-state index in [4.69, 9.17) is 15.5 Å². The Morgan fingerprint density at radius 2 is 1.91 bits per heavy atom. The van der Waals surface area contributed by atoms with Crippen LogP contribution in [0.15, 0.2) is 53.4 Å². The van der Waals surface area contributed by atoms with Crippen LogP contribution in [0, 0.1) is 13.8 Å². The molecule has 0 radical (unpaired) electrons. The number of rotatable bonds is 4. The van der Waals surface area contributed by atoms with Crippen LogP contribution in [0.4, 0.5) is 5.95 Å². The van der Waals surface area contributed by atoms with Gasteiger partial charge in [-0.3, -0.25) is 9.62 Å². The molecule has 0 aliphatic carbocycles. The summed E-state index contributed by atoms with van der Waals surface area (Å²) in [6.45, 7) is 9.58. The Morgan fingerprint density at radius 3 is 2.69 bits per heavy atom. The smallest absolute Gasteiger partial charge is 0.237 e. The summed E-state index contributed by atoms with van der Waals surface area (Å²) in [7, 11) is 0. The third kappa shape index (κ3) is 5.59. The Hall–Kier alpha value is -2.61. The zero-order valence-electron chi connectivity index (χ0n) is 19.0. The van der Waals surface area contributed by atoms with Crippen molar-refractivity contribution in [3.05, 3.63) is 65.2 Å². The van der Waals surface area contributed by atoms with Crippen molar-refractivity contribution in [1.82, 2.24) is 14.9 Å². The lowest BCUT2D eigenvalue weighted by atomic mass is 10.00. The summed E-state index contributed by atoms with van der Waals surface area (Å²) in [4.78, 5) is 13.0. The summed E-state index contributed by atoms with van der Waals surface area (Å²) in [5.41, 5.74) is 11.4. The molecule has 4 bridgehead atoms. The predicted molar refractivity (Wildman–Crippen MR) is 132 cm³/mol. The molecular weight excluding hydrogens is 418 g/mol. The molecule has 0 amide bonds. The third-order valence-corrected chi connectivity index (χ3v) is 6.29. The highest BCUT2D eigenvalue weighted by Gasteiger charge is 2.17. The van der Waals surface area contributed by atoms with Gasteiger partial charge in [0, 0.05) is 29.6 Å². The van der Waals surface area contributed by atoms with Gasteiger partial charge in [-0.1, -0.05) is 30.3 Å². The lowest BCUT2D eigenvalue weighted by Crippen LogP contribution is -2.35. The van der Waals surface area contributed by atoms with Crippen LogP contribution < -0.4 is 15.2 Å². The van der Waals surface area contributed by atoms with E-state index in [9.17, 15) is 0 Å². The number of nitrogens with zero attached hydrogens (tertiary/aromatic N) is 3. The van der Waals surface area contributed by atoms with Crippen LogP contribution in [0.25, 0.3) is 11.3 Å². The van der Waals surface area contributed by atoms with Crippen molar-refractivity contribution in [3.63, 3.8) is 0 Å². The van der Waals surface area contributed by atoms with Gasteiger partial charge in [0.2, 0.25) is 11.8 Å². The molecule has 168 valence electrons. The van der Waals surface area contributed by atoms with Crippen LogP contribution in [0.2, 0.25) is 0 Å². The largest absolute Gasteiger partial charge is 0.473 e. The molecule has 0 saturated carbocycles. The number of anilines is 1. The highest BCUT2D eigenvalue weighted by molar-refractivity contribution is 8.00. The molecule has 3 aromatic rings. The van der Waals surface area contributed by atoms with Gasteiger partial charge in [-0.2, -0.15) is 4.98 Å². The average Bonchev–Trinajstić information content (AvgIpc) is 2.76. The maximum absolute atomic E-state index is 6.31. The number of aromatic nitrogens is 2. The lowest BCUT2D eigenvalue weighted by molar-refractivity contribution is 0.136. The second-order valence-corrected chi connectivity index (χ2v) is 9.22. The third-order valence-electron chi connectivity index (χ3n) is 5.52. The number of fused-ring (bicyclic) bond motifs is 4. The van der Waals surface area contributed by atoms with Gasteiger partial charge < -0.3 is 10.5 Å². The van der Waals surface area contributed by atoms with Crippen molar-refractivity contribution in [1.29, 1.82) is 0 Å². The standard InChI is InChI=1S/C25H31N5OS/c1-17-7-4-8-18(2)24(17)22-14-23-28-25(27-22)29-32-21-10-5-9-20(13-21)16-30(12-6-11-26)15-19(3)31-23/h4-5,7-10,13-14,19H,6,11-12,15-16,26H2,1-3H3,(H,27,28,29). The number of ether oxygens (including phenoxy) is 1. The number of aryl methyl sites for hydroxylation is 2. The van der Waals surface area contributed by atoms with Crippen LogP contribution in [-0.2, 0) is 6.54 Å². The Balaban J connectivity index is 1.72. The number of nitrogens with two attached hydrogens (primary N) is 1. The van der Waals surface area contributed by atoms with Gasteiger partial charge in [-0.25, -0.2) is 4.98 Å². The molecule has 2 heterocycles. The first kappa shape index (κ1) is 22.6. The zero-order chi connectivity index (χ0) is 22.5. The van der Waals surface area contributed by atoms with E-state index in [1.807, 2.05) is 6.07 Å². The Bertz CT molecular complexity index is 1050. The molecule has 2 aromatic carbocycles. The van der Waals surface area contributed by atoms with E-state index < -0.39 is 0 Å². The quantitative estimate of drug-likeness (QED) is 0.554. The Morgan fingerprint density at radius 1 is 1.12 bits per heavy atom. The molecule has 1 aliphatic heterocycles. The first-order chi connectivity index (χ1) is 15.5. The lowest BCUT2D eigenvalue weighted by Gasteiger charge is -2.26. The molecule has 7 heteroatoms. The summed E-state index contributed by atoms with van der Waals surface area (Å²) < 4.78 is 9.63. The van der Waals surface area contributed by atoms with E-state index in [0.29, 0.717) is 18.4 Å². The van der Waals surface area contributed by atoms with Gasteiger partial charge in [0.25, 0.3) is 0 Å². The van der Waals surface area contributed by atoms with Crippen molar-refractivity contribution in [2.45, 2.75) is 44.7 Å². The predicted octanol–water partition coefficient (Wildman–Crippen LogP) is 4.81. The molecule has 6 nitrogen and oxygen atoms in total. The van der Waals surface area contributed by atoms with E-state index >= 15 is 0 Å². The summed E-state index contributed by atoms with van der Waals surface area (Å²) in [5.74, 6) is 1.12. The second kappa shape index (κ2) is 10.3. The van der Waals surface area contributed by atoms with Crippen LogP contribution >= 0.6 is 11.9 Å². The first-order valence-electron chi connectivity index (χ1n) is 11.1. The van der Waals surface area contributed by atoms with E-state index in [1.165, 1.54) is 28.6 Å². The number of hydrogen-bond donors (Lipinski definition) is 2. The van der Waals surface area contributed by atoms with Crippen LogP contribution in [0.3, 0.4) is 0 Å². The fourth-order valence-electron chi connectivity index (χ4n) is 4.10. The molecular formula is C25H31N5OS. The molecule has 0 saturated heterocycles. The fourth-order valence-corrected chi connectivity index (χ4v) is 4.76. The summed E-state index contributed by atoms with van der Waals surface area (Å²) in [6.07, 6.45) is 0.926. The molecule has 0 fully saturated rings. The molecule has 4 rings (SSSR count). The number of benzene rings is 2. The maximum Gasteiger partial charge on any atom is 0.237 e. The summed E-state index contributed by atoms with van der Waals surface area (Å²) in [5, 5.41) is 0. The van der Waals surface area contributed by atoms with Gasteiger partial charge in [0.1, 0.15) is 6.10 Å². The normalized spacial score (nSPS) is 16.8. The fraction of sp³-hybridized carbons (Fsp3) is 0.360. The minimum absolute atomic E-state index is 0.0297. The summed E-state index contributed by atoms with van der Waals surface area (Å²) in [6, 6.07) is 16.8. The summed E-state index contributed by atoms with van der Waals surface area (Å²) >= 11 is 1.52. The van der Waals surface area contributed by atoms with Crippen molar-refractivity contribution in [2.75, 3.05) is 24.4 Å². The van der Waals surface area contributed by atoms with Gasteiger partial charge in [0.05, 0.1) is 5.69 Å². The van der Waals surface area contributed by atoms with Crippen LogP contribution in [-0.4, -0.2) is 40.6 Å². The van der Waals surface area contributed by atoms with Crippen molar-refractivity contribution in [2.24, 2.45) is 5.73 Å². The van der Waals surface area contributed by atoms with Crippen molar-refractivity contribution >= 4 is 17.9 Å². The van der Waals surface area contributed by atoms with E-state index in [1.54, 1.807) is 0 Å². The first-order valence-corrected chi connectivity index (χ1v) is 11.9. The van der Waals surface area contributed by atoms with Gasteiger partial charge in [-0.15, -0.1) is 0 Å². The highest BCUT2D eigenvalue weighted by atomic mass is 32.2. The van der Waals surface area contributed by atoms with Gasteiger partial charge in [0.15, 0.2) is 0 Å². The van der Waals surface area contributed by atoms with Gasteiger partial charge in [-0.05, 0) is 81.1 Å². The Kier molecular flexibility index (Phi) is 7.29. The molecule has 1 aromatic heterocycles. The average molecular weight is 450 g/mol. The SMILES string of the molecule is Cc1cccc(C)c1-c1cc2nc(n1)NSc1cccc(c1)CN(CCCN)CC(C)O2. The van der Waals surface area contributed by atoms with Gasteiger partial charge >= 0.3 is 0 Å². The number of hydrogen-bond acceptors (Lipinski definition) is 7. The second-order valence-electron chi connectivity index (χ2n) is 8.34. The van der Waals surface area contributed by atoms with Crippen molar-refractivity contribution in [3.8, 4) is 17.1 Å². The van der Waals surface area contributed by atoms with E-state index in [0.717, 1.165) is 42.2 Å². The molecule has 1 atom stereocenters. The monoisotopic (exact) mass is 449 g/mol. The topological polar surface area (TPSA) is 76.3 Å². The highest BCUT2D eigenvalue weighted by Crippen LogP contribution is 2.30. The van der Waals surface area contributed by atoms with Crippen LogP contribution in [0.1, 0.15) is 30.0 Å². The van der Waals surface area contributed by atoms with E-state index in [-0.39, 0.29) is 6.10 Å². The maximum atomic E-state index is 6.31. The molecule has 0 spiro atoms. The molecule has 32 heavy (non-hydrogen) atoms. The molecule has 3 N–H and O–H groups in total. The van der Waals surface area contributed by atoms with Crippen molar-refractivity contribution < 1.29 is 4.74 Å². The number of nitrogens with one attached hydrogen (secondary N) is 1. The van der Waals surface area contributed by atoms with Crippen LogP contribution in [0.5, 0.6) is 5.88 Å². The molecule has 1 aliphatic rings. The molecule has 1 unspecified atom stereocenters. The minimum atomic E-state index is -0.0297. The van der Waals surface area contributed by atoms with E-state index in [2.05, 4.69) is 77.8 Å². The minimum Gasteiger partial charge on any atom is -0.473 e. The Labute approximate surface area is 194 Å².